The Bertz CT molecular complexity index is 650. The first-order valence-corrected chi connectivity index (χ1v) is 5.96. The van der Waals surface area contributed by atoms with Crippen LogP contribution in [0.1, 0.15) is 0 Å². The van der Waals surface area contributed by atoms with Gasteiger partial charge in [-0.15, -0.1) is 0 Å². The summed E-state index contributed by atoms with van der Waals surface area (Å²) >= 11 is 5.19. The molecule has 2 N–H and O–H groups in total. The largest absolute Gasteiger partial charge is 0.277 e. The summed E-state index contributed by atoms with van der Waals surface area (Å²) in [6.45, 7) is 0.127. The van der Waals surface area contributed by atoms with Crippen LogP contribution in [0.25, 0.3) is 10.8 Å². The van der Waals surface area contributed by atoms with Gasteiger partial charge in [0.25, 0.3) is 5.91 Å². The number of carbonyl (C=O) groups excluding carboxylic acids is 1. The van der Waals surface area contributed by atoms with E-state index in [1.165, 1.54) is 9.91 Å². The van der Waals surface area contributed by atoms with Crippen molar-refractivity contribution in [1.29, 1.82) is 0 Å². The van der Waals surface area contributed by atoms with E-state index >= 15 is 0 Å². The van der Waals surface area contributed by atoms with Crippen LogP contribution >= 0.6 is 12.2 Å². The number of anilines is 1. The smallest absolute Gasteiger partial charge is 0.254 e. The Morgan fingerprint density at radius 2 is 1.83 bits per heavy atom. The summed E-state index contributed by atoms with van der Waals surface area (Å²) < 4.78 is 0. The Morgan fingerprint density at radius 1 is 1.11 bits per heavy atom. The molecule has 5 heteroatoms. The number of thiocarbonyl (C=S) groups is 1. The SMILES string of the molecule is NN1CC(=O)N(c2cccc3ccccc23)C1=S. The van der Waals surface area contributed by atoms with E-state index in [9.17, 15) is 4.79 Å². The molecule has 0 aromatic heterocycles. The van der Waals surface area contributed by atoms with Crippen molar-refractivity contribution in [2.75, 3.05) is 11.4 Å². The molecule has 90 valence electrons. The van der Waals surface area contributed by atoms with Crippen molar-refractivity contribution >= 4 is 39.7 Å². The van der Waals surface area contributed by atoms with Crippen LogP contribution < -0.4 is 10.7 Å². The standard InChI is InChI=1S/C13H11N3OS/c14-15-8-12(17)16(13(15)18)11-7-3-5-9-4-1-2-6-10(9)11/h1-7H,8,14H2. The Morgan fingerprint density at radius 3 is 2.56 bits per heavy atom. The van der Waals surface area contributed by atoms with Crippen LogP contribution in [0.15, 0.2) is 42.5 Å². The first-order chi connectivity index (χ1) is 8.68. The molecule has 0 aliphatic carbocycles. The highest BCUT2D eigenvalue weighted by atomic mass is 32.1. The monoisotopic (exact) mass is 257 g/mol. The lowest BCUT2D eigenvalue weighted by Gasteiger charge is -2.18. The molecule has 2 aromatic carbocycles. The molecule has 0 saturated carbocycles. The predicted octanol–water partition coefficient (Wildman–Crippen LogP) is 1.65. The van der Waals surface area contributed by atoms with Crippen molar-refractivity contribution in [3.05, 3.63) is 42.5 Å². The maximum Gasteiger partial charge on any atom is 0.254 e. The minimum atomic E-state index is -0.0983. The summed E-state index contributed by atoms with van der Waals surface area (Å²) in [5.41, 5.74) is 0.788. The van der Waals surface area contributed by atoms with Crippen LogP contribution in [0.3, 0.4) is 0 Å². The molecule has 0 spiro atoms. The Hall–Kier alpha value is -1.98. The van der Waals surface area contributed by atoms with E-state index in [0.29, 0.717) is 5.11 Å². The summed E-state index contributed by atoms with van der Waals surface area (Å²) in [6, 6.07) is 13.7. The molecule has 0 unspecified atom stereocenters. The van der Waals surface area contributed by atoms with Crippen molar-refractivity contribution in [2.45, 2.75) is 0 Å². The molecule has 1 saturated heterocycles. The Labute approximate surface area is 110 Å². The van der Waals surface area contributed by atoms with Crippen LogP contribution in [0.2, 0.25) is 0 Å². The maximum atomic E-state index is 12.0. The Balaban J connectivity index is 2.21. The summed E-state index contributed by atoms with van der Waals surface area (Å²) in [4.78, 5) is 13.5. The van der Waals surface area contributed by atoms with Crippen molar-refractivity contribution < 1.29 is 4.79 Å². The second kappa shape index (κ2) is 4.04. The normalized spacial score (nSPS) is 15.8. The second-order valence-electron chi connectivity index (χ2n) is 4.14. The van der Waals surface area contributed by atoms with Gasteiger partial charge in [-0.25, -0.2) is 5.84 Å². The van der Waals surface area contributed by atoms with E-state index in [2.05, 4.69) is 0 Å². The van der Waals surface area contributed by atoms with Crippen molar-refractivity contribution in [2.24, 2.45) is 5.84 Å². The van der Waals surface area contributed by atoms with Gasteiger partial charge >= 0.3 is 0 Å². The van der Waals surface area contributed by atoms with Gasteiger partial charge in [-0.3, -0.25) is 14.7 Å². The highest BCUT2D eigenvalue weighted by Gasteiger charge is 2.32. The van der Waals surface area contributed by atoms with Gasteiger partial charge in [-0.1, -0.05) is 36.4 Å². The fourth-order valence-corrected chi connectivity index (χ4v) is 2.42. The molecule has 1 aliphatic rings. The average molecular weight is 257 g/mol. The number of amides is 1. The third-order valence-electron chi connectivity index (χ3n) is 3.00. The fourth-order valence-electron chi connectivity index (χ4n) is 2.16. The number of nitrogens with zero attached hydrogens (tertiary/aromatic N) is 2. The molecule has 0 atom stereocenters. The molecule has 1 heterocycles. The molecule has 0 radical (unpaired) electrons. The summed E-state index contributed by atoms with van der Waals surface area (Å²) in [7, 11) is 0. The van der Waals surface area contributed by atoms with Gasteiger partial charge in [-0.2, -0.15) is 0 Å². The molecular weight excluding hydrogens is 246 g/mol. The molecule has 3 rings (SSSR count). The van der Waals surface area contributed by atoms with Crippen molar-refractivity contribution in [3.63, 3.8) is 0 Å². The number of nitrogens with two attached hydrogens (primary N) is 1. The average Bonchev–Trinajstić information content (AvgIpc) is 2.63. The van der Waals surface area contributed by atoms with Gasteiger partial charge in [0, 0.05) is 5.39 Å². The van der Waals surface area contributed by atoms with Gasteiger partial charge in [-0.05, 0) is 23.7 Å². The maximum absolute atomic E-state index is 12.0. The van der Waals surface area contributed by atoms with Gasteiger partial charge in [0.1, 0.15) is 6.54 Å². The van der Waals surface area contributed by atoms with E-state index in [0.717, 1.165) is 16.5 Å². The summed E-state index contributed by atoms with van der Waals surface area (Å²) in [5, 5.41) is 3.70. The summed E-state index contributed by atoms with van der Waals surface area (Å²) in [6.07, 6.45) is 0. The second-order valence-corrected chi connectivity index (χ2v) is 4.50. The van der Waals surface area contributed by atoms with Crippen molar-refractivity contribution in [3.8, 4) is 0 Å². The van der Waals surface area contributed by atoms with Gasteiger partial charge in [0.15, 0.2) is 5.11 Å². The number of hydrazine groups is 1. The zero-order valence-corrected chi connectivity index (χ0v) is 10.4. The van der Waals surface area contributed by atoms with E-state index in [-0.39, 0.29) is 12.5 Å². The highest BCUT2D eigenvalue weighted by Crippen LogP contribution is 2.29. The summed E-state index contributed by atoms with van der Waals surface area (Å²) in [5.74, 6) is 5.57. The van der Waals surface area contributed by atoms with E-state index < -0.39 is 0 Å². The lowest BCUT2D eigenvalue weighted by Crippen LogP contribution is -2.36. The van der Waals surface area contributed by atoms with Crippen LogP contribution in [0.5, 0.6) is 0 Å². The highest BCUT2D eigenvalue weighted by molar-refractivity contribution is 7.80. The third-order valence-corrected chi connectivity index (χ3v) is 3.42. The van der Waals surface area contributed by atoms with Crippen LogP contribution in [0.4, 0.5) is 5.69 Å². The van der Waals surface area contributed by atoms with Gasteiger partial charge in [0.2, 0.25) is 0 Å². The minimum absolute atomic E-state index is 0.0983. The van der Waals surface area contributed by atoms with Crippen LogP contribution in [-0.4, -0.2) is 22.6 Å². The predicted molar refractivity (Wildman–Crippen MR) is 74.9 cm³/mol. The van der Waals surface area contributed by atoms with Crippen LogP contribution in [0, 0.1) is 0 Å². The van der Waals surface area contributed by atoms with Crippen LogP contribution in [-0.2, 0) is 4.79 Å². The number of hydrogen-bond acceptors (Lipinski definition) is 3. The third kappa shape index (κ3) is 1.56. The minimum Gasteiger partial charge on any atom is -0.277 e. The van der Waals surface area contributed by atoms with Gasteiger partial charge < -0.3 is 0 Å². The number of fused-ring (bicyclic) bond motifs is 1. The zero-order chi connectivity index (χ0) is 12.7. The van der Waals surface area contributed by atoms with E-state index in [1.54, 1.807) is 0 Å². The molecule has 2 aromatic rings. The van der Waals surface area contributed by atoms with E-state index in [4.69, 9.17) is 18.1 Å². The molecule has 4 nitrogen and oxygen atoms in total. The number of hydrogen-bond donors (Lipinski definition) is 1. The number of carbonyl (C=O) groups is 1. The topological polar surface area (TPSA) is 49.6 Å². The molecule has 0 bridgehead atoms. The zero-order valence-electron chi connectivity index (χ0n) is 9.54. The number of rotatable bonds is 1. The molecule has 1 amide bonds. The van der Waals surface area contributed by atoms with Crippen molar-refractivity contribution in [1.82, 2.24) is 5.01 Å². The quantitative estimate of drug-likeness (QED) is 0.623. The molecular formula is C13H11N3OS. The first-order valence-electron chi connectivity index (χ1n) is 5.55. The van der Waals surface area contributed by atoms with E-state index in [1.807, 2.05) is 42.5 Å². The molecule has 1 fully saturated rings. The van der Waals surface area contributed by atoms with Gasteiger partial charge in [0.05, 0.1) is 5.69 Å². The fraction of sp³-hybridized carbons (Fsp3) is 0.0769. The first kappa shape index (κ1) is 11.1. The molecule has 18 heavy (non-hydrogen) atoms. The Kier molecular flexibility index (Phi) is 2.50. The lowest BCUT2D eigenvalue weighted by molar-refractivity contribution is -0.116. The number of benzene rings is 2. The lowest BCUT2D eigenvalue weighted by atomic mass is 10.1. The molecule has 1 aliphatic heterocycles.